The number of carbonyl (C=O) groups is 1. The Morgan fingerprint density at radius 1 is 1.10 bits per heavy atom. The molecule has 0 aromatic heterocycles. The van der Waals surface area contributed by atoms with Crippen molar-refractivity contribution in [3.05, 3.63) is 36.9 Å². The van der Waals surface area contributed by atoms with Gasteiger partial charge in [-0.15, -0.1) is 0 Å². The highest BCUT2D eigenvalue weighted by atomic mass is 32.2. The standard InChI is InChI=1S/C23H34N2O4S/c1-6-21(26)24-17-15-22(2,3)25(23(4,5)16-17)30(27,28)20-13-11-19(12-14-20)29-18-9-7-8-10-18/h6,11-14,17-18H,1,7-10,15-16H2,2-5H3,(H,24,26). The number of ether oxygens (including phenoxy) is 1. The van der Waals surface area contributed by atoms with Gasteiger partial charge in [-0.1, -0.05) is 6.58 Å². The Morgan fingerprint density at radius 2 is 1.63 bits per heavy atom. The molecule has 1 aliphatic heterocycles. The number of amides is 1. The SMILES string of the molecule is C=CC(=O)NC1CC(C)(C)N(S(=O)(=O)c2ccc(OC3CCCC3)cc2)C(C)(C)C1. The maximum atomic E-state index is 13.6. The molecule has 0 atom stereocenters. The van der Waals surface area contributed by atoms with Crippen LogP contribution in [0.1, 0.15) is 66.2 Å². The Hall–Kier alpha value is -1.86. The van der Waals surface area contributed by atoms with Crippen molar-refractivity contribution in [3.63, 3.8) is 0 Å². The van der Waals surface area contributed by atoms with Crippen LogP contribution in [-0.2, 0) is 14.8 Å². The second-order valence-electron chi connectivity index (χ2n) is 9.71. The van der Waals surface area contributed by atoms with Crippen molar-refractivity contribution < 1.29 is 17.9 Å². The Labute approximate surface area is 180 Å². The van der Waals surface area contributed by atoms with E-state index in [2.05, 4.69) is 11.9 Å². The summed E-state index contributed by atoms with van der Waals surface area (Å²) in [6, 6.07) is 6.66. The number of nitrogens with zero attached hydrogens (tertiary/aromatic N) is 1. The fourth-order valence-corrected chi connectivity index (χ4v) is 7.41. The smallest absolute Gasteiger partial charge is 0.244 e. The third kappa shape index (κ3) is 4.72. The molecule has 3 rings (SSSR count). The van der Waals surface area contributed by atoms with Gasteiger partial charge in [0.2, 0.25) is 15.9 Å². The summed E-state index contributed by atoms with van der Waals surface area (Å²) < 4.78 is 34.9. The minimum atomic E-state index is -3.73. The lowest BCUT2D eigenvalue weighted by Crippen LogP contribution is -2.65. The lowest BCUT2D eigenvalue weighted by atomic mass is 9.79. The second kappa shape index (κ2) is 8.35. The Kier molecular flexibility index (Phi) is 6.35. The van der Waals surface area contributed by atoms with E-state index in [4.69, 9.17) is 4.74 Å². The van der Waals surface area contributed by atoms with Crippen LogP contribution in [0, 0.1) is 0 Å². The van der Waals surface area contributed by atoms with Crippen molar-refractivity contribution in [3.8, 4) is 5.75 Å². The van der Waals surface area contributed by atoms with Crippen LogP contribution in [0.25, 0.3) is 0 Å². The number of hydrogen-bond donors (Lipinski definition) is 1. The third-order valence-electron chi connectivity index (χ3n) is 6.09. The summed E-state index contributed by atoms with van der Waals surface area (Å²) in [5.74, 6) is 0.478. The maximum Gasteiger partial charge on any atom is 0.244 e. The summed E-state index contributed by atoms with van der Waals surface area (Å²) in [6.45, 7) is 11.2. The zero-order chi connectivity index (χ0) is 22.2. The molecule has 6 nitrogen and oxygen atoms in total. The average Bonchev–Trinajstić information content (AvgIpc) is 3.12. The molecule has 0 radical (unpaired) electrons. The molecule has 0 bridgehead atoms. The molecule has 1 heterocycles. The number of carbonyl (C=O) groups excluding carboxylic acids is 1. The highest BCUT2D eigenvalue weighted by Crippen LogP contribution is 2.42. The maximum absolute atomic E-state index is 13.6. The van der Waals surface area contributed by atoms with Crippen LogP contribution in [0.2, 0.25) is 0 Å². The van der Waals surface area contributed by atoms with Crippen molar-refractivity contribution in [2.75, 3.05) is 0 Å². The molecule has 0 unspecified atom stereocenters. The largest absolute Gasteiger partial charge is 0.490 e. The van der Waals surface area contributed by atoms with Crippen LogP contribution >= 0.6 is 0 Å². The first-order valence-corrected chi connectivity index (χ1v) is 12.1. The lowest BCUT2D eigenvalue weighted by Gasteiger charge is -2.53. The monoisotopic (exact) mass is 434 g/mol. The van der Waals surface area contributed by atoms with Gasteiger partial charge in [0, 0.05) is 17.1 Å². The number of sulfonamides is 1. The highest BCUT2D eigenvalue weighted by molar-refractivity contribution is 7.89. The van der Waals surface area contributed by atoms with E-state index in [1.165, 1.54) is 18.9 Å². The van der Waals surface area contributed by atoms with Crippen molar-refractivity contribution in [1.82, 2.24) is 9.62 Å². The van der Waals surface area contributed by atoms with Gasteiger partial charge in [0.1, 0.15) is 5.75 Å². The van der Waals surface area contributed by atoms with Gasteiger partial charge in [-0.25, -0.2) is 8.42 Å². The normalized spacial score (nSPS) is 22.5. The van der Waals surface area contributed by atoms with E-state index in [1.807, 2.05) is 27.7 Å². The van der Waals surface area contributed by atoms with E-state index >= 15 is 0 Å². The molecular formula is C23H34N2O4S. The second-order valence-corrected chi connectivity index (χ2v) is 11.5. The predicted octanol–water partition coefficient (Wildman–Crippen LogP) is 4.02. The molecule has 2 aliphatic rings. The van der Waals surface area contributed by atoms with Gasteiger partial charge in [0.15, 0.2) is 0 Å². The Morgan fingerprint density at radius 3 is 2.13 bits per heavy atom. The fraction of sp³-hybridized carbons (Fsp3) is 0.609. The summed E-state index contributed by atoms with van der Waals surface area (Å²) >= 11 is 0. The third-order valence-corrected chi connectivity index (χ3v) is 8.43. The van der Waals surface area contributed by atoms with Crippen LogP contribution in [0.15, 0.2) is 41.8 Å². The fourth-order valence-electron chi connectivity index (χ4n) is 5.27. The van der Waals surface area contributed by atoms with Gasteiger partial charge < -0.3 is 10.1 Å². The number of benzene rings is 1. The zero-order valence-electron chi connectivity index (χ0n) is 18.5. The van der Waals surface area contributed by atoms with Gasteiger partial charge >= 0.3 is 0 Å². The summed E-state index contributed by atoms with van der Waals surface area (Å²) in [5.41, 5.74) is -1.34. The van der Waals surface area contributed by atoms with Crippen LogP contribution in [-0.4, -0.2) is 41.9 Å². The van der Waals surface area contributed by atoms with E-state index < -0.39 is 21.1 Å². The zero-order valence-corrected chi connectivity index (χ0v) is 19.3. The topological polar surface area (TPSA) is 75.7 Å². The minimum absolute atomic E-state index is 0.117. The first-order chi connectivity index (χ1) is 14.0. The van der Waals surface area contributed by atoms with Crippen molar-refractivity contribution >= 4 is 15.9 Å². The van der Waals surface area contributed by atoms with Crippen molar-refractivity contribution in [2.24, 2.45) is 0 Å². The van der Waals surface area contributed by atoms with Crippen LogP contribution in [0.4, 0.5) is 0 Å². The van der Waals surface area contributed by atoms with Crippen molar-refractivity contribution in [2.45, 2.75) is 94.3 Å². The molecule has 0 spiro atoms. The lowest BCUT2D eigenvalue weighted by molar-refractivity contribution is -0.118. The number of nitrogens with one attached hydrogen (secondary N) is 1. The van der Waals surface area contributed by atoms with Gasteiger partial charge in [-0.3, -0.25) is 4.79 Å². The number of hydrogen-bond acceptors (Lipinski definition) is 4. The molecule has 1 aromatic carbocycles. The molecule has 1 aromatic rings. The van der Waals surface area contributed by atoms with Gasteiger partial charge in [0.05, 0.1) is 11.0 Å². The summed E-state index contributed by atoms with van der Waals surface area (Å²) in [6.07, 6.45) is 7.01. The minimum Gasteiger partial charge on any atom is -0.490 e. The molecule has 1 N–H and O–H groups in total. The molecule has 1 saturated carbocycles. The van der Waals surface area contributed by atoms with Gasteiger partial charge in [0.25, 0.3) is 0 Å². The molecule has 2 fully saturated rings. The molecule has 1 saturated heterocycles. The molecule has 30 heavy (non-hydrogen) atoms. The highest BCUT2D eigenvalue weighted by Gasteiger charge is 2.51. The Bertz CT molecular complexity index is 866. The van der Waals surface area contributed by atoms with Crippen molar-refractivity contribution in [1.29, 1.82) is 0 Å². The Balaban J connectivity index is 1.83. The van der Waals surface area contributed by atoms with Crippen LogP contribution in [0.3, 0.4) is 0 Å². The van der Waals surface area contributed by atoms with Gasteiger partial charge in [-0.2, -0.15) is 4.31 Å². The first-order valence-electron chi connectivity index (χ1n) is 10.7. The van der Waals surface area contributed by atoms with E-state index in [-0.39, 0.29) is 22.9 Å². The number of rotatable bonds is 6. The van der Waals surface area contributed by atoms with E-state index in [9.17, 15) is 13.2 Å². The van der Waals surface area contributed by atoms with Gasteiger partial charge in [-0.05, 0) is 96.6 Å². The molecule has 1 aliphatic carbocycles. The summed E-state index contributed by atoms with van der Waals surface area (Å²) in [4.78, 5) is 12.0. The van der Waals surface area contributed by atoms with E-state index in [1.54, 1.807) is 28.6 Å². The summed E-state index contributed by atoms with van der Waals surface area (Å²) in [7, 11) is -3.73. The number of piperidine rings is 1. The molecule has 166 valence electrons. The quantitative estimate of drug-likeness (QED) is 0.686. The van der Waals surface area contributed by atoms with E-state index in [0.717, 1.165) is 12.8 Å². The average molecular weight is 435 g/mol. The predicted molar refractivity (Wildman–Crippen MR) is 118 cm³/mol. The van der Waals surface area contributed by atoms with Crippen LogP contribution < -0.4 is 10.1 Å². The molecule has 1 amide bonds. The molecule has 7 heteroatoms. The summed E-state index contributed by atoms with van der Waals surface area (Å²) in [5, 5.41) is 2.94. The van der Waals surface area contributed by atoms with E-state index in [0.29, 0.717) is 18.6 Å². The van der Waals surface area contributed by atoms with Crippen LogP contribution in [0.5, 0.6) is 5.75 Å². The molecular weight excluding hydrogens is 400 g/mol. The first kappa shape index (κ1) is 22.8.